The Morgan fingerprint density at radius 1 is 1.21 bits per heavy atom. The van der Waals surface area contributed by atoms with E-state index in [2.05, 4.69) is 39.8 Å². The highest BCUT2D eigenvalue weighted by Gasteiger charge is 2.40. The number of nitrogens with one attached hydrogen (secondary N) is 1. The molecule has 0 bridgehead atoms. The van der Waals surface area contributed by atoms with Gasteiger partial charge in [0.1, 0.15) is 16.6 Å². The minimum atomic E-state index is 0.585. The van der Waals surface area contributed by atoms with Gasteiger partial charge in [-0.2, -0.15) is 0 Å². The van der Waals surface area contributed by atoms with Crippen LogP contribution in [0.2, 0.25) is 5.02 Å². The molecular formula is C22H23ClN4O. The van der Waals surface area contributed by atoms with Crippen molar-refractivity contribution >= 4 is 22.9 Å². The number of hydrogen-bond acceptors (Lipinski definition) is 4. The lowest BCUT2D eigenvalue weighted by molar-refractivity contribution is 0.353. The van der Waals surface area contributed by atoms with Gasteiger partial charge < -0.3 is 10.1 Å². The van der Waals surface area contributed by atoms with Gasteiger partial charge in [0.15, 0.2) is 5.65 Å². The fourth-order valence-corrected chi connectivity index (χ4v) is 4.71. The SMILES string of the molecule is Clc1c(NC[C@H]2C[C@@H]2c2cccc3c2OCC3)ccn2c(CC3CC3)nnc12. The van der Waals surface area contributed by atoms with Crippen molar-refractivity contribution in [1.82, 2.24) is 14.6 Å². The standard InChI is InChI=1S/C22H23ClN4O/c23-20-18(6-8-27-19(10-13-4-5-13)25-26-22(20)27)24-12-15-11-17(15)16-3-1-2-14-7-9-28-21(14)16/h1-3,6,8,13,15,17,24H,4-5,7,9-12H2/t15-,17+/m1/s1. The Balaban J connectivity index is 1.16. The number of para-hydroxylation sites is 1. The zero-order chi connectivity index (χ0) is 18.7. The van der Waals surface area contributed by atoms with Gasteiger partial charge in [-0.05, 0) is 54.2 Å². The summed E-state index contributed by atoms with van der Waals surface area (Å²) in [7, 11) is 0. The van der Waals surface area contributed by atoms with Crippen LogP contribution in [0.15, 0.2) is 30.5 Å². The third-order valence-electron chi connectivity index (χ3n) is 6.38. The molecule has 6 heteroatoms. The van der Waals surface area contributed by atoms with E-state index in [0.29, 0.717) is 16.9 Å². The number of benzene rings is 1. The van der Waals surface area contributed by atoms with E-state index in [1.807, 2.05) is 10.6 Å². The molecule has 2 aliphatic carbocycles. The minimum absolute atomic E-state index is 0.585. The largest absolute Gasteiger partial charge is 0.493 e. The van der Waals surface area contributed by atoms with Gasteiger partial charge in [0.2, 0.25) is 0 Å². The molecule has 3 aromatic rings. The lowest BCUT2D eigenvalue weighted by Crippen LogP contribution is -2.06. The summed E-state index contributed by atoms with van der Waals surface area (Å²) < 4.78 is 7.92. The maximum absolute atomic E-state index is 6.64. The molecule has 5 nitrogen and oxygen atoms in total. The molecule has 28 heavy (non-hydrogen) atoms. The first-order valence-corrected chi connectivity index (χ1v) is 10.7. The zero-order valence-electron chi connectivity index (χ0n) is 15.7. The molecule has 0 spiro atoms. The van der Waals surface area contributed by atoms with Crippen LogP contribution in [0, 0.1) is 11.8 Å². The highest BCUT2D eigenvalue weighted by atomic mass is 35.5. The molecule has 0 radical (unpaired) electrons. The molecule has 144 valence electrons. The number of rotatable bonds is 6. The lowest BCUT2D eigenvalue weighted by atomic mass is 10.0. The number of ether oxygens (including phenoxy) is 1. The van der Waals surface area contributed by atoms with Crippen LogP contribution in [0.1, 0.15) is 42.1 Å². The Morgan fingerprint density at radius 2 is 2.14 bits per heavy atom. The minimum Gasteiger partial charge on any atom is -0.493 e. The topological polar surface area (TPSA) is 51.5 Å². The van der Waals surface area contributed by atoms with Gasteiger partial charge in [-0.3, -0.25) is 4.40 Å². The normalized spacial score (nSPS) is 22.9. The molecular weight excluding hydrogens is 372 g/mol. The second kappa shape index (κ2) is 6.38. The number of pyridine rings is 1. The van der Waals surface area contributed by atoms with Crippen molar-refractivity contribution < 1.29 is 4.74 Å². The van der Waals surface area contributed by atoms with Crippen LogP contribution in [-0.2, 0) is 12.8 Å². The van der Waals surface area contributed by atoms with Crippen LogP contribution in [-0.4, -0.2) is 27.7 Å². The smallest absolute Gasteiger partial charge is 0.181 e. The Hall–Kier alpha value is -2.27. The number of hydrogen-bond donors (Lipinski definition) is 1. The molecule has 3 heterocycles. The van der Waals surface area contributed by atoms with E-state index in [4.69, 9.17) is 16.3 Å². The van der Waals surface area contributed by atoms with Crippen LogP contribution in [0.4, 0.5) is 5.69 Å². The fraction of sp³-hybridized carbons (Fsp3) is 0.455. The highest BCUT2D eigenvalue weighted by molar-refractivity contribution is 6.36. The third kappa shape index (κ3) is 2.84. The van der Waals surface area contributed by atoms with E-state index >= 15 is 0 Å². The molecule has 0 unspecified atom stereocenters. The first-order chi connectivity index (χ1) is 13.8. The number of fused-ring (bicyclic) bond motifs is 2. The molecule has 2 atom stereocenters. The van der Waals surface area contributed by atoms with Crippen molar-refractivity contribution in [3.8, 4) is 5.75 Å². The molecule has 1 aliphatic heterocycles. The van der Waals surface area contributed by atoms with Crippen molar-refractivity contribution in [2.75, 3.05) is 18.5 Å². The van der Waals surface area contributed by atoms with Crippen molar-refractivity contribution in [3.63, 3.8) is 0 Å². The maximum atomic E-state index is 6.64. The van der Waals surface area contributed by atoms with E-state index in [9.17, 15) is 0 Å². The summed E-state index contributed by atoms with van der Waals surface area (Å²) in [4.78, 5) is 0. The van der Waals surface area contributed by atoms with Crippen LogP contribution >= 0.6 is 11.6 Å². The second-order valence-electron chi connectivity index (χ2n) is 8.42. The summed E-state index contributed by atoms with van der Waals surface area (Å²) in [6.07, 6.45) is 7.89. The Kier molecular flexibility index (Phi) is 3.80. The molecule has 2 saturated carbocycles. The van der Waals surface area contributed by atoms with Crippen LogP contribution in [0.3, 0.4) is 0 Å². The summed E-state index contributed by atoms with van der Waals surface area (Å²) in [6, 6.07) is 8.63. The fourth-order valence-electron chi connectivity index (χ4n) is 4.46. The van der Waals surface area contributed by atoms with E-state index in [1.165, 1.54) is 30.4 Å². The maximum Gasteiger partial charge on any atom is 0.181 e. The third-order valence-corrected chi connectivity index (χ3v) is 6.75. The van der Waals surface area contributed by atoms with Crippen LogP contribution < -0.4 is 10.1 Å². The zero-order valence-corrected chi connectivity index (χ0v) is 16.5. The second-order valence-corrected chi connectivity index (χ2v) is 8.80. The summed E-state index contributed by atoms with van der Waals surface area (Å²) >= 11 is 6.64. The van der Waals surface area contributed by atoms with Crippen molar-refractivity contribution in [1.29, 1.82) is 0 Å². The van der Waals surface area contributed by atoms with E-state index in [0.717, 1.165) is 54.8 Å². The first kappa shape index (κ1) is 16.7. The predicted octanol–water partition coefficient (Wildman–Crippen LogP) is 4.49. The van der Waals surface area contributed by atoms with E-state index < -0.39 is 0 Å². The van der Waals surface area contributed by atoms with Crippen molar-refractivity contribution in [3.05, 3.63) is 52.4 Å². The quantitative estimate of drug-likeness (QED) is 0.669. The van der Waals surface area contributed by atoms with Crippen molar-refractivity contribution in [2.24, 2.45) is 11.8 Å². The molecule has 0 amide bonds. The highest BCUT2D eigenvalue weighted by Crippen LogP contribution is 2.52. The number of anilines is 1. The Bertz CT molecular complexity index is 1060. The summed E-state index contributed by atoms with van der Waals surface area (Å²) in [5.74, 6) is 4.14. The number of aromatic nitrogens is 3. The van der Waals surface area contributed by atoms with Gasteiger partial charge in [0, 0.05) is 25.6 Å². The van der Waals surface area contributed by atoms with Crippen molar-refractivity contribution in [2.45, 2.75) is 38.0 Å². The summed E-state index contributed by atoms with van der Waals surface area (Å²) in [6.45, 7) is 1.73. The van der Waals surface area contributed by atoms with Gasteiger partial charge in [-0.25, -0.2) is 0 Å². The predicted molar refractivity (Wildman–Crippen MR) is 109 cm³/mol. The van der Waals surface area contributed by atoms with Gasteiger partial charge in [-0.15, -0.1) is 10.2 Å². The Morgan fingerprint density at radius 3 is 3.04 bits per heavy atom. The van der Waals surface area contributed by atoms with Gasteiger partial charge >= 0.3 is 0 Å². The van der Waals surface area contributed by atoms with Gasteiger partial charge in [0.25, 0.3) is 0 Å². The number of nitrogens with zero attached hydrogens (tertiary/aromatic N) is 3. The molecule has 1 aromatic carbocycles. The van der Waals surface area contributed by atoms with Gasteiger partial charge in [-0.1, -0.05) is 29.8 Å². The average Bonchev–Trinajstić information content (AvgIpc) is 3.58. The first-order valence-electron chi connectivity index (χ1n) is 10.3. The summed E-state index contributed by atoms with van der Waals surface area (Å²) in [5, 5.41) is 12.9. The van der Waals surface area contributed by atoms with Crippen LogP contribution in [0.25, 0.3) is 5.65 Å². The monoisotopic (exact) mass is 394 g/mol. The van der Waals surface area contributed by atoms with Crippen LogP contribution in [0.5, 0.6) is 5.75 Å². The summed E-state index contributed by atoms with van der Waals surface area (Å²) in [5.41, 5.74) is 4.44. The van der Waals surface area contributed by atoms with Gasteiger partial charge in [0.05, 0.1) is 12.3 Å². The Labute approximate surface area is 169 Å². The molecule has 2 fully saturated rings. The lowest BCUT2D eigenvalue weighted by Gasteiger charge is -2.10. The molecule has 0 saturated heterocycles. The molecule has 6 rings (SSSR count). The molecule has 2 aromatic heterocycles. The van der Waals surface area contributed by atoms with E-state index in [1.54, 1.807) is 0 Å². The molecule has 3 aliphatic rings. The average molecular weight is 395 g/mol. The molecule has 1 N–H and O–H groups in total. The van der Waals surface area contributed by atoms with E-state index in [-0.39, 0.29) is 0 Å². The number of halogens is 1.